The van der Waals surface area contributed by atoms with E-state index in [1.165, 1.54) is 0 Å². The van der Waals surface area contributed by atoms with Gasteiger partial charge in [-0.1, -0.05) is 18.2 Å². The van der Waals surface area contributed by atoms with E-state index >= 15 is 0 Å². The third-order valence-electron chi connectivity index (χ3n) is 4.47. The van der Waals surface area contributed by atoms with Crippen LogP contribution in [0.1, 0.15) is 37.3 Å². The van der Waals surface area contributed by atoms with Crippen molar-refractivity contribution in [1.29, 1.82) is 0 Å². The first-order valence-electron chi connectivity index (χ1n) is 8.79. The minimum absolute atomic E-state index is 0. The van der Waals surface area contributed by atoms with E-state index in [1.807, 2.05) is 62.4 Å². The molecule has 0 aliphatic heterocycles. The number of para-hydroxylation sites is 1. The Labute approximate surface area is 170 Å². The lowest BCUT2D eigenvalue weighted by Crippen LogP contribution is -2.38. The molecule has 1 aromatic heterocycles. The van der Waals surface area contributed by atoms with Gasteiger partial charge in [0, 0.05) is 10.9 Å². The van der Waals surface area contributed by atoms with E-state index in [1.54, 1.807) is 14.2 Å². The number of methoxy groups -OCH3 is 2. The fourth-order valence-corrected chi connectivity index (χ4v) is 2.98. The molecule has 28 heavy (non-hydrogen) atoms. The van der Waals surface area contributed by atoms with Gasteiger partial charge in [0.25, 0.3) is 0 Å². The maximum absolute atomic E-state index is 12.4. The highest BCUT2D eigenvalue weighted by Gasteiger charge is 2.18. The zero-order valence-electron chi connectivity index (χ0n) is 16.3. The molecule has 6 nitrogen and oxygen atoms in total. The number of urea groups is 1. The number of benzene rings is 2. The van der Waals surface area contributed by atoms with Crippen LogP contribution in [0.5, 0.6) is 11.5 Å². The summed E-state index contributed by atoms with van der Waals surface area (Å²) in [7, 11) is 3.20. The summed E-state index contributed by atoms with van der Waals surface area (Å²) in [5.74, 6) is 2.10. The van der Waals surface area contributed by atoms with Gasteiger partial charge in [0.15, 0.2) is 0 Å². The molecule has 7 heteroatoms. The number of furan rings is 1. The van der Waals surface area contributed by atoms with Gasteiger partial charge in [0.2, 0.25) is 0 Å². The highest BCUT2D eigenvalue weighted by atomic mass is 35.5. The fraction of sp³-hybridized carbons (Fsp3) is 0.286. The van der Waals surface area contributed by atoms with Gasteiger partial charge in [0.1, 0.15) is 22.8 Å². The van der Waals surface area contributed by atoms with E-state index < -0.39 is 0 Å². The van der Waals surface area contributed by atoms with Crippen molar-refractivity contribution in [2.24, 2.45) is 0 Å². The zero-order chi connectivity index (χ0) is 19.4. The minimum Gasteiger partial charge on any atom is -0.497 e. The quantitative estimate of drug-likeness (QED) is 0.606. The Kier molecular flexibility index (Phi) is 7.18. The summed E-state index contributed by atoms with van der Waals surface area (Å²) in [6.07, 6.45) is 0. The lowest BCUT2D eigenvalue weighted by Gasteiger charge is -2.20. The van der Waals surface area contributed by atoms with Crippen LogP contribution in [0.25, 0.3) is 11.0 Å². The summed E-state index contributed by atoms with van der Waals surface area (Å²) in [4.78, 5) is 12.4. The van der Waals surface area contributed by atoms with Gasteiger partial charge in [-0.3, -0.25) is 0 Å². The average Bonchev–Trinajstić information content (AvgIpc) is 3.11. The number of halogens is 1. The smallest absolute Gasteiger partial charge is 0.315 e. The van der Waals surface area contributed by atoms with Crippen LogP contribution in [-0.4, -0.2) is 20.3 Å². The van der Waals surface area contributed by atoms with Crippen molar-refractivity contribution in [3.05, 3.63) is 59.9 Å². The van der Waals surface area contributed by atoms with Crippen LogP contribution in [0.15, 0.2) is 52.9 Å². The second-order valence-electron chi connectivity index (χ2n) is 6.36. The summed E-state index contributed by atoms with van der Waals surface area (Å²) in [5, 5.41) is 6.85. The Hall–Kier alpha value is -2.86. The van der Waals surface area contributed by atoms with Crippen LogP contribution in [0.3, 0.4) is 0 Å². The molecule has 3 aromatic rings. The molecule has 150 valence electrons. The predicted molar refractivity (Wildman–Crippen MR) is 112 cm³/mol. The number of hydrogen-bond acceptors (Lipinski definition) is 4. The van der Waals surface area contributed by atoms with Gasteiger partial charge < -0.3 is 24.5 Å². The predicted octanol–water partition coefficient (Wildman–Crippen LogP) is 4.99. The highest BCUT2D eigenvalue weighted by Crippen LogP contribution is 2.29. The van der Waals surface area contributed by atoms with Crippen molar-refractivity contribution in [2.45, 2.75) is 25.9 Å². The Morgan fingerprint density at radius 3 is 2.36 bits per heavy atom. The molecule has 3 rings (SSSR count). The number of carbonyl (C=O) groups excluding carboxylic acids is 1. The summed E-state index contributed by atoms with van der Waals surface area (Å²) in [5.41, 5.74) is 1.64. The SMILES string of the molecule is COc1ccc(OC)c(C(C)NC(=O)NC(C)c2cc3ccccc3o2)c1.Cl. The standard InChI is InChI=1S/C21H24N2O4.ClH/c1-13(17-12-16(25-3)9-10-19(17)26-4)22-21(24)23-14(2)20-11-15-7-5-6-8-18(15)27-20;/h5-14H,1-4H3,(H2,22,23,24);1H. The number of fused-ring (bicyclic) bond motifs is 1. The van der Waals surface area contributed by atoms with Gasteiger partial charge in [-0.2, -0.15) is 0 Å². The summed E-state index contributed by atoms with van der Waals surface area (Å²) in [6, 6.07) is 14.4. The fourth-order valence-electron chi connectivity index (χ4n) is 2.98. The number of carbonyl (C=O) groups is 1. The first-order valence-corrected chi connectivity index (χ1v) is 8.79. The molecule has 0 aliphatic carbocycles. The molecule has 0 radical (unpaired) electrons. The zero-order valence-corrected chi connectivity index (χ0v) is 17.1. The first-order chi connectivity index (χ1) is 13.0. The molecule has 2 aromatic carbocycles. The molecule has 2 N–H and O–H groups in total. The Bertz CT molecular complexity index is 908. The number of hydrogen-bond donors (Lipinski definition) is 2. The van der Waals surface area contributed by atoms with Crippen molar-refractivity contribution < 1.29 is 18.7 Å². The van der Waals surface area contributed by atoms with Crippen molar-refractivity contribution in [2.75, 3.05) is 14.2 Å². The van der Waals surface area contributed by atoms with Crippen LogP contribution in [-0.2, 0) is 0 Å². The topological polar surface area (TPSA) is 72.7 Å². The lowest BCUT2D eigenvalue weighted by atomic mass is 10.1. The molecular weight excluding hydrogens is 380 g/mol. The van der Waals surface area contributed by atoms with E-state index in [0.717, 1.165) is 16.5 Å². The molecule has 0 saturated heterocycles. The summed E-state index contributed by atoms with van der Waals surface area (Å²) in [6.45, 7) is 3.77. The molecule has 0 bridgehead atoms. The molecule has 0 spiro atoms. The third-order valence-corrected chi connectivity index (χ3v) is 4.47. The van der Waals surface area contributed by atoms with Crippen LogP contribution >= 0.6 is 12.4 Å². The highest BCUT2D eigenvalue weighted by molar-refractivity contribution is 5.85. The molecular formula is C21H25ClN2O4. The van der Waals surface area contributed by atoms with Gasteiger partial charge in [-0.15, -0.1) is 12.4 Å². The van der Waals surface area contributed by atoms with Gasteiger partial charge in [-0.25, -0.2) is 4.79 Å². The summed E-state index contributed by atoms with van der Waals surface area (Å²) >= 11 is 0. The second-order valence-corrected chi connectivity index (χ2v) is 6.36. The van der Waals surface area contributed by atoms with Gasteiger partial charge in [0.05, 0.1) is 26.3 Å². The maximum Gasteiger partial charge on any atom is 0.315 e. The number of ether oxygens (including phenoxy) is 2. The number of rotatable bonds is 6. The largest absolute Gasteiger partial charge is 0.497 e. The molecule has 0 saturated carbocycles. The molecule has 1 heterocycles. The molecule has 0 aliphatic rings. The molecule has 2 amide bonds. The van der Waals surface area contributed by atoms with E-state index in [-0.39, 0.29) is 30.5 Å². The normalized spacial score (nSPS) is 12.6. The molecule has 0 fully saturated rings. The monoisotopic (exact) mass is 404 g/mol. The Balaban J connectivity index is 0.00000280. The maximum atomic E-state index is 12.4. The lowest BCUT2D eigenvalue weighted by molar-refractivity contribution is 0.233. The van der Waals surface area contributed by atoms with Crippen molar-refractivity contribution in [1.82, 2.24) is 10.6 Å². The Morgan fingerprint density at radius 1 is 0.964 bits per heavy atom. The average molecular weight is 405 g/mol. The second kappa shape index (κ2) is 9.37. The minimum atomic E-state index is -0.291. The van der Waals surface area contributed by atoms with E-state index in [4.69, 9.17) is 13.9 Å². The number of amides is 2. The van der Waals surface area contributed by atoms with Crippen LogP contribution in [0.4, 0.5) is 4.79 Å². The molecule has 2 atom stereocenters. The summed E-state index contributed by atoms with van der Waals surface area (Å²) < 4.78 is 16.5. The van der Waals surface area contributed by atoms with Crippen molar-refractivity contribution in [3.8, 4) is 11.5 Å². The van der Waals surface area contributed by atoms with Crippen LogP contribution in [0, 0.1) is 0 Å². The van der Waals surface area contributed by atoms with Gasteiger partial charge in [-0.05, 0) is 44.2 Å². The van der Waals surface area contributed by atoms with Crippen molar-refractivity contribution >= 4 is 29.4 Å². The van der Waals surface area contributed by atoms with Crippen molar-refractivity contribution in [3.63, 3.8) is 0 Å². The first kappa shape index (κ1) is 21.4. The third kappa shape index (κ3) is 4.70. The Morgan fingerprint density at radius 2 is 1.68 bits per heavy atom. The van der Waals surface area contributed by atoms with E-state index in [0.29, 0.717) is 17.3 Å². The van der Waals surface area contributed by atoms with E-state index in [9.17, 15) is 4.79 Å². The number of nitrogens with one attached hydrogen (secondary N) is 2. The van der Waals surface area contributed by atoms with E-state index in [2.05, 4.69) is 10.6 Å². The van der Waals surface area contributed by atoms with Crippen LogP contribution < -0.4 is 20.1 Å². The molecule has 2 unspecified atom stereocenters. The van der Waals surface area contributed by atoms with Gasteiger partial charge >= 0.3 is 6.03 Å². The van der Waals surface area contributed by atoms with Crippen LogP contribution in [0.2, 0.25) is 0 Å².